The van der Waals surface area contributed by atoms with Gasteiger partial charge >= 0.3 is 0 Å². The lowest BCUT2D eigenvalue weighted by atomic mass is 9.95. The lowest BCUT2D eigenvalue weighted by Crippen LogP contribution is -2.27. The van der Waals surface area contributed by atoms with Crippen LogP contribution in [0.4, 0.5) is 5.69 Å². The van der Waals surface area contributed by atoms with Gasteiger partial charge in [-0.1, -0.05) is 40.7 Å². The van der Waals surface area contributed by atoms with E-state index in [0.29, 0.717) is 28.6 Å². The number of carbonyl (C=O) groups is 1. The minimum atomic E-state index is -0.511. The van der Waals surface area contributed by atoms with E-state index in [9.17, 15) is 9.90 Å². The van der Waals surface area contributed by atoms with Gasteiger partial charge in [0.15, 0.2) is 5.58 Å². The highest BCUT2D eigenvalue weighted by molar-refractivity contribution is 5.95. The lowest BCUT2D eigenvalue weighted by molar-refractivity contribution is -0.123. The maximum absolute atomic E-state index is 12.2. The SMILES string of the molecule is CC(C)c1ccc2oc(-c3cc(NC(=O)C(C)(C)C)ccc3O)nc2c1. The van der Waals surface area contributed by atoms with Gasteiger partial charge in [0.05, 0.1) is 5.56 Å². The topological polar surface area (TPSA) is 75.4 Å². The summed E-state index contributed by atoms with van der Waals surface area (Å²) in [5, 5.41) is 13.1. The van der Waals surface area contributed by atoms with Crippen molar-refractivity contribution in [3.05, 3.63) is 42.0 Å². The second-order valence-corrected chi connectivity index (χ2v) is 7.84. The van der Waals surface area contributed by atoms with E-state index in [1.165, 1.54) is 11.6 Å². The number of hydrogen-bond donors (Lipinski definition) is 2. The second-order valence-electron chi connectivity index (χ2n) is 7.84. The van der Waals surface area contributed by atoms with Crippen molar-refractivity contribution in [3.63, 3.8) is 0 Å². The van der Waals surface area contributed by atoms with Crippen molar-refractivity contribution in [2.24, 2.45) is 5.41 Å². The zero-order valence-corrected chi connectivity index (χ0v) is 15.8. The number of nitrogens with zero attached hydrogens (tertiary/aromatic N) is 1. The first-order valence-electron chi connectivity index (χ1n) is 8.70. The Labute approximate surface area is 153 Å². The summed E-state index contributed by atoms with van der Waals surface area (Å²) in [5.41, 5.74) is 3.10. The number of aromatic hydroxyl groups is 1. The van der Waals surface area contributed by atoms with Crippen LogP contribution >= 0.6 is 0 Å². The molecular formula is C21H24N2O3. The highest BCUT2D eigenvalue weighted by atomic mass is 16.3. The molecule has 3 rings (SSSR count). The first-order chi connectivity index (χ1) is 12.1. The Morgan fingerprint density at radius 2 is 1.88 bits per heavy atom. The quantitative estimate of drug-likeness (QED) is 0.627. The van der Waals surface area contributed by atoms with Crippen molar-refractivity contribution in [1.82, 2.24) is 4.98 Å². The Kier molecular flexibility index (Phi) is 4.48. The average molecular weight is 352 g/mol. The van der Waals surface area contributed by atoms with E-state index in [2.05, 4.69) is 24.1 Å². The zero-order chi connectivity index (χ0) is 19.1. The standard InChI is InChI=1S/C21H24N2O3/c1-12(2)13-6-9-18-16(10-13)23-19(26-18)15-11-14(7-8-17(15)24)22-20(25)21(3,4)5/h6-12,24H,1-5H3,(H,22,25). The number of rotatable bonds is 3. The van der Waals surface area contributed by atoms with Crippen LogP contribution < -0.4 is 5.32 Å². The molecule has 0 spiro atoms. The van der Waals surface area contributed by atoms with Gasteiger partial charge in [-0.05, 0) is 41.8 Å². The number of carbonyl (C=O) groups excluding carboxylic acids is 1. The molecule has 136 valence electrons. The minimum absolute atomic E-state index is 0.0504. The predicted molar refractivity (Wildman–Crippen MR) is 103 cm³/mol. The summed E-state index contributed by atoms with van der Waals surface area (Å²) in [6, 6.07) is 10.8. The minimum Gasteiger partial charge on any atom is -0.507 e. The highest BCUT2D eigenvalue weighted by Crippen LogP contribution is 2.34. The molecule has 1 amide bonds. The zero-order valence-electron chi connectivity index (χ0n) is 15.8. The number of nitrogens with one attached hydrogen (secondary N) is 1. The molecule has 0 saturated heterocycles. The van der Waals surface area contributed by atoms with Gasteiger partial charge in [0, 0.05) is 11.1 Å². The molecule has 1 heterocycles. The molecule has 0 saturated carbocycles. The van der Waals surface area contributed by atoms with Crippen molar-refractivity contribution in [1.29, 1.82) is 0 Å². The molecule has 0 aliphatic rings. The van der Waals surface area contributed by atoms with E-state index in [-0.39, 0.29) is 11.7 Å². The van der Waals surface area contributed by atoms with Crippen LogP contribution in [0.3, 0.4) is 0 Å². The maximum Gasteiger partial charge on any atom is 0.231 e. The monoisotopic (exact) mass is 352 g/mol. The largest absolute Gasteiger partial charge is 0.507 e. The number of phenolic OH excluding ortho intramolecular Hbond substituents is 1. The summed E-state index contributed by atoms with van der Waals surface area (Å²) in [7, 11) is 0. The molecule has 2 aromatic carbocycles. The van der Waals surface area contributed by atoms with Crippen LogP contribution in [0, 0.1) is 5.41 Å². The Morgan fingerprint density at radius 1 is 1.15 bits per heavy atom. The van der Waals surface area contributed by atoms with Gasteiger partial charge in [-0.15, -0.1) is 0 Å². The van der Waals surface area contributed by atoms with Crippen molar-refractivity contribution in [3.8, 4) is 17.2 Å². The molecule has 5 heteroatoms. The van der Waals surface area contributed by atoms with Crippen LogP contribution in [0.1, 0.15) is 46.1 Å². The number of amides is 1. The number of hydrogen-bond acceptors (Lipinski definition) is 4. The first kappa shape index (κ1) is 18.0. The summed E-state index contributed by atoms with van der Waals surface area (Å²) in [5.74, 6) is 0.664. The number of aromatic nitrogens is 1. The number of oxazole rings is 1. The van der Waals surface area contributed by atoms with Crippen LogP contribution in [0.25, 0.3) is 22.6 Å². The number of anilines is 1. The van der Waals surface area contributed by atoms with Gasteiger partial charge in [-0.2, -0.15) is 0 Å². The maximum atomic E-state index is 12.2. The van der Waals surface area contributed by atoms with Gasteiger partial charge in [-0.25, -0.2) is 4.98 Å². The first-order valence-corrected chi connectivity index (χ1v) is 8.70. The second kappa shape index (κ2) is 6.48. The summed E-state index contributed by atoms with van der Waals surface area (Å²) >= 11 is 0. The highest BCUT2D eigenvalue weighted by Gasteiger charge is 2.22. The van der Waals surface area contributed by atoms with Crippen molar-refractivity contribution >= 4 is 22.7 Å². The molecule has 0 aliphatic heterocycles. The Morgan fingerprint density at radius 3 is 2.54 bits per heavy atom. The third-order valence-electron chi connectivity index (χ3n) is 4.24. The molecule has 2 N–H and O–H groups in total. The van der Waals surface area contributed by atoms with Gasteiger partial charge < -0.3 is 14.8 Å². The smallest absolute Gasteiger partial charge is 0.231 e. The van der Waals surface area contributed by atoms with Crippen molar-refractivity contribution < 1.29 is 14.3 Å². The molecule has 0 bridgehead atoms. The molecule has 0 aliphatic carbocycles. The summed E-state index contributed by atoms with van der Waals surface area (Å²) in [4.78, 5) is 16.7. The van der Waals surface area contributed by atoms with E-state index in [0.717, 1.165) is 5.52 Å². The molecular weight excluding hydrogens is 328 g/mol. The van der Waals surface area contributed by atoms with Gasteiger partial charge in [0.1, 0.15) is 11.3 Å². The van der Waals surface area contributed by atoms with Crippen LogP contribution in [-0.4, -0.2) is 16.0 Å². The van der Waals surface area contributed by atoms with Gasteiger partial charge in [0.25, 0.3) is 0 Å². The molecule has 5 nitrogen and oxygen atoms in total. The molecule has 0 fully saturated rings. The van der Waals surface area contributed by atoms with Gasteiger partial charge in [-0.3, -0.25) is 4.79 Å². The third-order valence-corrected chi connectivity index (χ3v) is 4.24. The van der Waals surface area contributed by atoms with E-state index < -0.39 is 5.41 Å². The molecule has 0 radical (unpaired) electrons. The fraction of sp³-hybridized carbons (Fsp3) is 0.333. The number of fused-ring (bicyclic) bond motifs is 1. The van der Waals surface area contributed by atoms with Crippen molar-refractivity contribution in [2.45, 2.75) is 40.5 Å². The molecule has 0 atom stereocenters. The van der Waals surface area contributed by atoms with Crippen LogP contribution in [0.15, 0.2) is 40.8 Å². The van der Waals surface area contributed by atoms with E-state index in [1.54, 1.807) is 12.1 Å². The fourth-order valence-electron chi connectivity index (χ4n) is 2.52. The number of phenols is 1. The summed E-state index contributed by atoms with van der Waals surface area (Å²) < 4.78 is 5.81. The van der Waals surface area contributed by atoms with Gasteiger partial charge in [0.2, 0.25) is 11.8 Å². The Balaban J connectivity index is 1.99. The predicted octanol–water partition coefficient (Wildman–Crippen LogP) is 5.31. The Hall–Kier alpha value is -2.82. The normalized spacial score (nSPS) is 11.9. The average Bonchev–Trinajstić information content (AvgIpc) is 2.98. The molecule has 26 heavy (non-hydrogen) atoms. The lowest BCUT2D eigenvalue weighted by Gasteiger charge is -2.18. The van der Waals surface area contributed by atoms with E-state index in [1.807, 2.05) is 39.0 Å². The Bertz CT molecular complexity index is 965. The van der Waals surface area contributed by atoms with Crippen LogP contribution in [0.5, 0.6) is 5.75 Å². The van der Waals surface area contributed by atoms with E-state index >= 15 is 0 Å². The summed E-state index contributed by atoms with van der Waals surface area (Å²) in [6.07, 6.45) is 0. The van der Waals surface area contributed by atoms with E-state index in [4.69, 9.17) is 4.42 Å². The molecule has 3 aromatic rings. The van der Waals surface area contributed by atoms with Crippen LogP contribution in [-0.2, 0) is 4.79 Å². The van der Waals surface area contributed by atoms with Crippen LogP contribution in [0.2, 0.25) is 0 Å². The third kappa shape index (κ3) is 3.57. The number of benzene rings is 2. The molecule has 1 aromatic heterocycles. The molecule has 0 unspecified atom stereocenters. The van der Waals surface area contributed by atoms with Crippen molar-refractivity contribution in [2.75, 3.05) is 5.32 Å². The fourth-order valence-corrected chi connectivity index (χ4v) is 2.52. The summed E-state index contributed by atoms with van der Waals surface area (Å²) in [6.45, 7) is 9.77.